The van der Waals surface area contributed by atoms with Crippen molar-refractivity contribution >= 4 is 33.2 Å². The summed E-state index contributed by atoms with van der Waals surface area (Å²) in [7, 11) is -3.69. The molecule has 7 heteroatoms. The van der Waals surface area contributed by atoms with Gasteiger partial charge >= 0.3 is 0 Å². The standard InChI is InChI=1S/C12H15Cl2NO3S/c13-10-5-9(7-16)12(14)11(6-10)19(17,18)15-4-3-8-1-2-8/h5-6,8,15-16H,1-4,7H2. The zero-order valence-corrected chi connectivity index (χ0v) is 12.5. The minimum Gasteiger partial charge on any atom is -0.392 e. The van der Waals surface area contributed by atoms with Crippen molar-refractivity contribution in [3.63, 3.8) is 0 Å². The predicted molar refractivity (Wildman–Crippen MR) is 74.9 cm³/mol. The second-order valence-corrected chi connectivity index (χ2v) is 7.21. The van der Waals surface area contributed by atoms with Crippen LogP contribution < -0.4 is 4.72 Å². The molecule has 0 radical (unpaired) electrons. The molecule has 0 heterocycles. The van der Waals surface area contributed by atoms with E-state index in [9.17, 15) is 8.42 Å². The van der Waals surface area contributed by atoms with Crippen molar-refractivity contribution in [1.82, 2.24) is 4.72 Å². The zero-order chi connectivity index (χ0) is 14.0. The molecule has 1 fully saturated rings. The third kappa shape index (κ3) is 3.83. The number of aliphatic hydroxyl groups excluding tert-OH is 1. The fourth-order valence-corrected chi connectivity index (χ4v) is 3.78. The molecule has 0 atom stereocenters. The van der Waals surface area contributed by atoms with Crippen molar-refractivity contribution in [3.8, 4) is 0 Å². The molecular weight excluding hydrogens is 309 g/mol. The number of nitrogens with one attached hydrogen (secondary N) is 1. The van der Waals surface area contributed by atoms with Crippen molar-refractivity contribution in [2.75, 3.05) is 6.54 Å². The van der Waals surface area contributed by atoms with Gasteiger partial charge in [-0.25, -0.2) is 13.1 Å². The molecule has 1 aliphatic carbocycles. The summed E-state index contributed by atoms with van der Waals surface area (Å²) in [6.07, 6.45) is 3.19. The molecule has 0 spiro atoms. The van der Waals surface area contributed by atoms with Crippen molar-refractivity contribution in [3.05, 3.63) is 27.7 Å². The molecule has 1 aromatic rings. The fourth-order valence-electron chi connectivity index (χ4n) is 1.81. The lowest BCUT2D eigenvalue weighted by Crippen LogP contribution is -2.25. The Kier molecular flexibility index (Phi) is 4.74. The summed E-state index contributed by atoms with van der Waals surface area (Å²) in [5.74, 6) is 0.644. The lowest BCUT2D eigenvalue weighted by atomic mass is 10.2. The van der Waals surface area contributed by atoms with Crippen LogP contribution >= 0.6 is 23.2 Å². The topological polar surface area (TPSA) is 66.4 Å². The van der Waals surface area contributed by atoms with Crippen molar-refractivity contribution in [2.45, 2.75) is 30.8 Å². The molecule has 2 rings (SSSR count). The molecule has 0 aromatic heterocycles. The molecule has 0 aliphatic heterocycles. The van der Waals surface area contributed by atoms with Gasteiger partial charge in [0.1, 0.15) is 4.90 Å². The third-order valence-corrected chi connectivity index (χ3v) is 5.34. The van der Waals surface area contributed by atoms with Gasteiger partial charge in [0.05, 0.1) is 11.6 Å². The molecule has 0 saturated heterocycles. The van der Waals surface area contributed by atoms with Gasteiger partial charge < -0.3 is 5.11 Å². The van der Waals surface area contributed by atoms with E-state index in [1.54, 1.807) is 0 Å². The van der Waals surface area contributed by atoms with E-state index in [-0.39, 0.29) is 21.5 Å². The van der Waals surface area contributed by atoms with Crippen molar-refractivity contribution < 1.29 is 13.5 Å². The largest absolute Gasteiger partial charge is 0.392 e. The highest BCUT2D eigenvalue weighted by Gasteiger charge is 2.24. The summed E-state index contributed by atoms with van der Waals surface area (Å²) < 4.78 is 26.8. The fraction of sp³-hybridized carbons (Fsp3) is 0.500. The maximum absolute atomic E-state index is 12.1. The smallest absolute Gasteiger partial charge is 0.242 e. The lowest BCUT2D eigenvalue weighted by Gasteiger charge is -2.11. The number of hydrogen-bond acceptors (Lipinski definition) is 3. The van der Waals surface area contributed by atoms with Gasteiger partial charge in [-0.3, -0.25) is 0 Å². The minimum atomic E-state index is -3.69. The average Bonchev–Trinajstić information content (AvgIpc) is 3.15. The van der Waals surface area contributed by atoms with Crippen LogP contribution in [-0.2, 0) is 16.6 Å². The van der Waals surface area contributed by atoms with Crippen LogP contribution in [0.15, 0.2) is 17.0 Å². The number of halogens is 2. The first kappa shape index (κ1) is 15.1. The lowest BCUT2D eigenvalue weighted by molar-refractivity contribution is 0.281. The molecule has 0 amide bonds. The third-order valence-electron chi connectivity index (χ3n) is 3.08. The highest BCUT2D eigenvalue weighted by Crippen LogP contribution is 2.32. The van der Waals surface area contributed by atoms with E-state index < -0.39 is 10.0 Å². The maximum atomic E-state index is 12.1. The van der Waals surface area contributed by atoms with Gasteiger partial charge in [-0.2, -0.15) is 0 Å². The van der Waals surface area contributed by atoms with Gasteiger partial charge in [-0.15, -0.1) is 0 Å². The van der Waals surface area contributed by atoms with Gasteiger partial charge in [0.15, 0.2) is 0 Å². The number of aliphatic hydroxyl groups is 1. The van der Waals surface area contributed by atoms with Gasteiger partial charge in [0.25, 0.3) is 0 Å². The monoisotopic (exact) mass is 323 g/mol. The first-order valence-corrected chi connectivity index (χ1v) is 8.26. The van der Waals surface area contributed by atoms with E-state index in [0.717, 1.165) is 6.42 Å². The number of hydrogen-bond donors (Lipinski definition) is 2. The van der Waals surface area contributed by atoms with E-state index in [1.165, 1.54) is 25.0 Å². The molecule has 0 unspecified atom stereocenters. The Bertz CT molecular complexity index is 571. The van der Waals surface area contributed by atoms with E-state index in [0.29, 0.717) is 18.0 Å². The highest BCUT2D eigenvalue weighted by molar-refractivity contribution is 7.89. The second kappa shape index (κ2) is 5.97. The Balaban J connectivity index is 2.20. The molecule has 19 heavy (non-hydrogen) atoms. The summed E-state index contributed by atoms with van der Waals surface area (Å²) >= 11 is 11.8. The minimum absolute atomic E-state index is 0.0193. The van der Waals surface area contributed by atoms with Crippen LogP contribution in [-0.4, -0.2) is 20.1 Å². The van der Waals surface area contributed by atoms with Crippen LogP contribution in [0.2, 0.25) is 10.0 Å². The van der Waals surface area contributed by atoms with Crippen LogP contribution in [0, 0.1) is 5.92 Å². The van der Waals surface area contributed by atoms with Crippen LogP contribution in [0.5, 0.6) is 0 Å². The van der Waals surface area contributed by atoms with E-state index in [4.69, 9.17) is 28.3 Å². The Morgan fingerprint density at radius 3 is 2.58 bits per heavy atom. The predicted octanol–water partition coefficient (Wildman–Crippen LogP) is 2.56. The summed E-state index contributed by atoms with van der Waals surface area (Å²) in [5.41, 5.74) is 0.303. The van der Waals surface area contributed by atoms with Crippen molar-refractivity contribution in [2.24, 2.45) is 5.92 Å². The summed E-state index contributed by atoms with van der Waals surface area (Å²) in [6.45, 7) is 0.0360. The molecule has 2 N–H and O–H groups in total. The highest BCUT2D eigenvalue weighted by atomic mass is 35.5. The molecule has 1 aromatic carbocycles. The van der Waals surface area contributed by atoms with Gasteiger partial charge in [-0.1, -0.05) is 36.0 Å². The Morgan fingerprint density at radius 1 is 1.32 bits per heavy atom. The number of rotatable bonds is 6. The zero-order valence-electron chi connectivity index (χ0n) is 10.2. The molecule has 106 valence electrons. The summed E-state index contributed by atoms with van der Waals surface area (Å²) in [6, 6.07) is 2.75. The molecule has 4 nitrogen and oxygen atoms in total. The van der Waals surface area contributed by atoms with Crippen LogP contribution in [0.1, 0.15) is 24.8 Å². The number of sulfonamides is 1. The Morgan fingerprint density at radius 2 is 2.00 bits per heavy atom. The average molecular weight is 324 g/mol. The van der Waals surface area contributed by atoms with Gasteiger partial charge in [0.2, 0.25) is 10.0 Å². The summed E-state index contributed by atoms with van der Waals surface area (Å²) in [4.78, 5) is -0.0819. The van der Waals surface area contributed by atoms with Crippen LogP contribution in [0.3, 0.4) is 0 Å². The Hall–Kier alpha value is -0.330. The van der Waals surface area contributed by atoms with E-state index in [1.807, 2.05) is 0 Å². The molecular formula is C12H15Cl2NO3S. The van der Waals surface area contributed by atoms with Gasteiger partial charge in [0, 0.05) is 11.6 Å². The maximum Gasteiger partial charge on any atom is 0.242 e. The quantitative estimate of drug-likeness (QED) is 0.845. The van der Waals surface area contributed by atoms with Gasteiger partial charge in [-0.05, 0) is 30.0 Å². The van der Waals surface area contributed by atoms with Crippen LogP contribution in [0.4, 0.5) is 0 Å². The SMILES string of the molecule is O=S(=O)(NCCC1CC1)c1cc(Cl)cc(CO)c1Cl. The summed E-state index contributed by atoms with van der Waals surface area (Å²) in [5, 5.41) is 9.38. The molecule has 1 saturated carbocycles. The first-order valence-electron chi connectivity index (χ1n) is 6.02. The molecule has 1 aliphatic rings. The van der Waals surface area contributed by atoms with E-state index in [2.05, 4.69) is 4.72 Å². The number of benzene rings is 1. The van der Waals surface area contributed by atoms with E-state index >= 15 is 0 Å². The molecule has 0 bridgehead atoms. The Labute approximate surface area is 122 Å². The second-order valence-electron chi connectivity index (χ2n) is 4.66. The normalized spacial score (nSPS) is 15.7. The van der Waals surface area contributed by atoms with Crippen LogP contribution in [0.25, 0.3) is 0 Å². The van der Waals surface area contributed by atoms with Crippen molar-refractivity contribution in [1.29, 1.82) is 0 Å². The first-order chi connectivity index (χ1) is 8.94.